The number of carbonyl (C=O) groups excluding carboxylic acids is 1. The Morgan fingerprint density at radius 1 is 0.862 bits per heavy atom. The molecular formula is C25H23N3O. The summed E-state index contributed by atoms with van der Waals surface area (Å²) in [5, 5.41) is 3.10. The quantitative estimate of drug-likeness (QED) is 0.504. The Hall–Kier alpha value is -3.66. The maximum absolute atomic E-state index is 12.8. The number of hydrogen-bond donors (Lipinski definition) is 1. The molecule has 0 saturated heterocycles. The number of carbonyl (C=O) groups is 1. The van der Waals surface area contributed by atoms with E-state index < -0.39 is 0 Å². The fourth-order valence-corrected chi connectivity index (χ4v) is 3.56. The minimum Gasteiger partial charge on any atom is -0.352 e. The lowest BCUT2D eigenvalue weighted by Crippen LogP contribution is -2.25. The summed E-state index contributed by atoms with van der Waals surface area (Å²) in [6, 6.07) is 28.4. The summed E-state index contributed by atoms with van der Waals surface area (Å²) in [5.74, 6) is 0.0597. The predicted octanol–water partition coefficient (Wildman–Crippen LogP) is 4.71. The SMILES string of the molecule is O=C(CC(c1ccccc1)c1ccccc1)NCc1ccccc1-n1ccnc1. The van der Waals surface area contributed by atoms with Crippen molar-refractivity contribution in [3.05, 3.63) is 120 Å². The summed E-state index contributed by atoms with van der Waals surface area (Å²) in [6.45, 7) is 0.476. The Balaban J connectivity index is 1.49. The van der Waals surface area contributed by atoms with Crippen molar-refractivity contribution in [1.82, 2.24) is 14.9 Å². The van der Waals surface area contributed by atoms with Crippen LogP contribution in [0.1, 0.15) is 29.0 Å². The van der Waals surface area contributed by atoms with Gasteiger partial charge in [-0.1, -0.05) is 78.9 Å². The largest absolute Gasteiger partial charge is 0.352 e. The maximum atomic E-state index is 12.8. The summed E-state index contributed by atoms with van der Waals surface area (Å²) >= 11 is 0. The van der Waals surface area contributed by atoms with E-state index in [0.717, 1.165) is 22.4 Å². The van der Waals surface area contributed by atoms with Crippen LogP contribution in [-0.4, -0.2) is 15.5 Å². The van der Waals surface area contributed by atoms with Crippen LogP contribution in [0.25, 0.3) is 5.69 Å². The van der Waals surface area contributed by atoms with Gasteiger partial charge in [-0.05, 0) is 22.8 Å². The van der Waals surface area contributed by atoms with Gasteiger partial charge in [-0.2, -0.15) is 0 Å². The third-order valence-electron chi connectivity index (χ3n) is 5.04. The predicted molar refractivity (Wildman–Crippen MR) is 115 cm³/mol. The monoisotopic (exact) mass is 381 g/mol. The molecule has 4 nitrogen and oxygen atoms in total. The van der Waals surface area contributed by atoms with Crippen LogP contribution in [0.5, 0.6) is 0 Å². The average Bonchev–Trinajstić information content (AvgIpc) is 3.32. The van der Waals surface area contributed by atoms with Crippen LogP contribution in [0, 0.1) is 0 Å². The van der Waals surface area contributed by atoms with Crippen molar-refractivity contribution in [2.75, 3.05) is 0 Å². The normalized spacial score (nSPS) is 10.8. The van der Waals surface area contributed by atoms with E-state index in [1.54, 1.807) is 12.5 Å². The smallest absolute Gasteiger partial charge is 0.221 e. The second kappa shape index (κ2) is 9.02. The van der Waals surface area contributed by atoms with Crippen LogP contribution < -0.4 is 5.32 Å². The van der Waals surface area contributed by atoms with Gasteiger partial charge in [0.05, 0.1) is 12.0 Å². The molecule has 0 spiro atoms. The van der Waals surface area contributed by atoms with Gasteiger partial charge in [-0.15, -0.1) is 0 Å². The summed E-state index contributed by atoms with van der Waals surface area (Å²) in [5.41, 5.74) is 4.36. The standard InChI is InChI=1S/C25H23N3O/c29-25(27-18-22-13-7-8-14-24(22)28-16-15-26-19-28)17-23(20-9-3-1-4-10-20)21-11-5-2-6-12-21/h1-16,19,23H,17-18H2,(H,27,29). The molecule has 4 heteroatoms. The molecule has 29 heavy (non-hydrogen) atoms. The lowest BCUT2D eigenvalue weighted by Gasteiger charge is -2.18. The van der Waals surface area contributed by atoms with Crippen molar-refractivity contribution in [2.45, 2.75) is 18.9 Å². The molecule has 0 aliphatic carbocycles. The summed E-state index contributed by atoms with van der Waals surface area (Å²) in [4.78, 5) is 17.0. The highest BCUT2D eigenvalue weighted by Crippen LogP contribution is 2.27. The number of nitrogens with one attached hydrogen (secondary N) is 1. The van der Waals surface area contributed by atoms with Crippen LogP contribution in [0.4, 0.5) is 0 Å². The molecule has 1 aromatic heterocycles. The first kappa shape index (κ1) is 18.7. The highest BCUT2D eigenvalue weighted by atomic mass is 16.1. The molecule has 3 aromatic carbocycles. The van der Waals surface area contributed by atoms with E-state index in [0.29, 0.717) is 13.0 Å². The Morgan fingerprint density at radius 2 is 1.48 bits per heavy atom. The van der Waals surface area contributed by atoms with Crippen molar-refractivity contribution in [2.24, 2.45) is 0 Å². The van der Waals surface area contributed by atoms with Crippen molar-refractivity contribution >= 4 is 5.91 Å². The Bertz CT molecular complexity index is 1000. The Morgan fingerprint density at radius 3 is 2.10 bits per heavy atom. The van der Waals surface area contributed by atoms with Crippen molar-refractivity contribution < 1.29 is 4.79 Å². The first-order valence-corrected chi connectivity index (χ1v) is 9.74. The minimum atomic E-state index is 0.0290. The van der Waals surface area contributed by atoms with Gasteiger partial charge in [0.2, 0.25) is 5.91 Å². The maximum Gasteiger partial charge on any atom is 0.221 e. The number of hydrogen-bond acceptors (Lipinski definition) is 2. The molecule has 144 valence electrons. The number of para-hydroxylation sites is 1. The molecule has 0 fully saturated rings. The van der Waals surface area contributed by atoms with Gasteiger partial charge in [0, 0.05) is 31.3 Å². The number of nitrogens with zero attached hydrogens (tertiary/aromatic N) is 2. The first-order chi connectivity index (χ1) is 14.3. The van der Waals surface area contributed by atoms with Crippen LogP contribution in [0.3, 0.4) is 0 Å². The fourth-order valence-electron chi connectivity index (χ4n) is 3.56. The van der Waals surface area contributed by atoms with Crippen molar-refractivity contribution in [3.8, 4) is 5.69 Å². The number of rotatable bonds is 7. The number of aromatic nitrogens is 2. The van der Waals surface area contributed by atoms with E-state index in [2.05, 4.69) is 34.6 Å². The van der Waals surface area contributed by atoms with Crippen LogP contribution >= 0.6 is 0 Å². The number of benzene rings is 3. The molecule has 0 aliphatic heterocycles. The highest BCUT2D eigenvalue weighted by Gasteiger charge is 2.18. The van der Waals surface area contributed by atoms with Gasteiger partial charge >= 0.3 is 0 Å². The third-order valence-corrected chi connectivity index (χ3v) is 5.04. The lowest BCUT2D eigenvalue weighted by atomic mass is 9.88. The molecule has 1 heterocycles. The molecule has 4 rings (SSSR count). The zero-order valence-corrected chi connectivity index (χ0v) is 16.1. The van der Waals surface area contributed by atoms with E-state index >= 15 is 0 Å². The van der Waals surface area contributed by atoms with Crippen molar-refractivity contribution in [3.63, 3.8) is 0 Å². The minimum absolute atomic E-state index is 0.0290. The molecular weight excluding hydrogens is 358 g/mol. The first-order valence-electron chi connectivity index (χ1n) is 9.74. The molecule has 1 amide bonds. The zero-order valence-electron chi connectivity index (χ0n) is 16.1. The molecule has 0 aliphatic rings. The van der Waals surface area contributed by atoms with E-state index in [4.69, 9.17) is 0 Å². The molecule has 0 saturated carbocycles. The molecule has 4 aromatic rings. The molecule has 0 radical (unpaired) electrons. The van der Waals surface area contributed by atoms with Crippen molar-refractivity contribution in [1.29, 1.82) is 0 Å². The van der Waals surface area contributed by atoms with Gasteiger partial charge in [-0.3, -0.25) is 4.79 Å². The second-order valence-electron chi connectivity index (χ2n) is 6.95. The molecule has 0 bridgehead atoms. The van der Waals surface area contributed by atoms with Gasteiger partial charge in [-0.25, -0.2) is 4.98 Å². The second-order valence-corrected chi connectivity index (χ2v) is 6.95. The van der Waals surface area contributed by atoms with E-state index in [-0.39, 0.29) is 11.8 Å². The van der Waals surface area contributed by atoms with Crippen LogP contribution in [-0.2, 0) is 11.3 Å². The van der Waals surface area contributed by atoms with Crippen LogP contribution in [0.15, 0.2) is 104 Å². The van der Waals surface area contributed by atoms with Gasteiger partial charge in [0.15, 0.2) is 0 Å². The zero-order chi connectivity index (χ0) is 19.9. The summed E-state index contributed by atoms with van der Waals surface area (Å²) in [6.07, 6.45) is 5.82. The summed E-state index contributed by atoms with van der Waals surface area (Å²) in [7, 11) is 0. The van der Waals surface area contributed by atoms with Gasteiger partial charge in [0.25, 0.3) is 0 Å². The molecule has 0 atom stereocenters. The fraction of sp³-hybridized carbons (Fsp3) is 0.120. The molecule has 1 N–H and O–H groups in total. The third kappa shape index (κ3) is 4.61. The number of imidazole rings is 1. The van der Waals surface area contributed by atoms with E-state index in [1.807, 2.05) is 71.4 Å². The average molecular weight is 381 g/mol. The van der Waals surface area contributed by atoms with E-state index in [1.165, 1.54) is 0 Å². The van der Waals surface area contributed by atoms with E-state index in [9.17, 15) is 4.79 Å². The Labute approximate surface area is 170 Å². The lowest BCUT2D eigenvalue weighted by molar-refractivity contribution is -0.121. The Kier molecular flexibility index (Phi) is 5.81. The van der Waals surface area contributed by atoms with Gasteiger partial charge < -0.3 is 9.88 Å². The summed E-state index contributed by atoms with van der Waals surface area (Å²) < 4.78 is 1.96. The van der Waals surface area contributed by atoms with Crippen LogP contribution in [0.2, 0.25) is 0 Å². The highest BCUT2D eigenvalue weighted by molar-refractivity contribution is 5.77. The molecule has 0 unspecified atom stereocenters. The topological polar surface area (TPSA) is 46.9 Å². The van der Waals surface area contributed by atoms with Gasteiger partial charge in [0.1, 0.15) is 0 Å². The number of amides is 1.